The fourth-order valence-electron chi connectivity index (χ4n) is 5.09. The van der Waals surface area contributed by atoms with Crippen LogP contribution in [0.2, 0.25) is 0 Å². The van der Waals surface area contributed by atoms with Crippen molar-refractivity contribution in [3.63, 3.8) is 0 Å². The minimum absolute atomic E-state index is 0.0582. The minimum Gasteiger partial charge on any atom is -0.458 e. The molecule has 2 aliphatic heterocycles. The number of aliphatic hydroxyl groups excluding tert-OH is 1. The second-order valence-electron chi connectivity index (χ2n) is 8.11. The molecule has 2 aliphatic rings. The molecule has 0 radical (unpaired) electrons. The van der Waals surface area contributed by atoms with E-state index in [1.165, 1.54) is 21.7 Å². The van der Waals surface area contributed by atoms with Crippen molar-refractivity contribution in [2.75, 3.05) is 13.1 Å². The second kappa shape index (κ2) is 7.08. The summed E-state index contributed by atoms with van der Waals surface area (Å²) in [5.41, 5.74) is 3.68. The highest BCUT2D eigenvalue weighted by Gasteiger charge is 2.39. The molecule has 2 aromatic heterocycles. The Morgan fingerprint density at radius 2 is 1.86 bits per heavy atom. The first-order chi connectivity index (χ1) is 13.7. The first kappa shape index (κ1) is 17.5. The van der Waals surface area contributed by atoms with Crippen molar-refractivity contribution < 1.29 is 14.4 Å². The molecular weight excluding hydrogens is 352 g/mol. The van der Waals surface area contributed by atoms with Gasteiger partial charge >= 0.3 is 0 Å². The van der Waals surface area contributed by atoms with E-state index in [9.17, 15) is 9.90 Å². The summed E-state index contributed by atoms with van der Waals surface area (Å²) in [6, 6.07) is 17.9. The van der Waals surface area contributed by atoms with Gasteiger partial charge in [0.15, 0.2) is 5.76 Å². The number of rotatable bonds is 4. The molecule has 5 rings (SSSR count). The van der Waals surface area contributed by atoms with Crippen molar-refractivity contribution in [1.82, 2.24) is 4.57 Å². The van der Waals surface area contributed by atoms with Gasteiger partial charge in [0.1, 0.15) is 18.9 Å². The average molecular weight is 377 g/mol. The van der Waals surface area contributed by atoms with Crippen LogP contribution in [0.5, 0.6) is 0 Å². The maximum Gasteiger partial charge on any atom is 0.250 e. The maximum absolute atomic E-state index is 12.6. The van der Waals surface area contributed by atoms with Crippen molar-refractivity contribution in [2.24, 2.45) is 5.92 Å². The van der Waals surface area contributed by atoms with Gasteiger partial charge in [-0.15, -0.1) is 0 Å². The number of furan rings is 1. The van der Waals surface area contributed by atoms with Crippen LogP contribution >= 0.6 is 0 Å². The highest BCUT2D eigenvalue weighted by Crippen LogP contribution is 2.36. The molecule has 144 valence electrons. The summed E-state index contributed by atoms with van der Waals surface area (Å²) < 4.78 is 7.74. The number of fused-ring (bicyclic) bond motifs is 4. The van der Waals surface area contributed by atoms with Gasteiger partial charge in [0.2, 0.25) is 0 Å². The van der Waals surface area contributed by atoms with Gasteiger partial charge in [0.25, 0.3) is 5.56 Å². The van der Waals surface area contributed by atoms with Gasteiger partial charge in [-0.1, -0.05) is 30.3 Å². The Balaban J connectivity index is 1.48. The van der Waals surface area contributed by atoms with E-state index in [1.54, 1.807) is 6.07 Å². The number of hydrogen-bond acceptors (Lipinski definition) is 3. The molecule has 5 nitrogen and oxygen atoms in total. The number of likely N-dealkylation sites (tertiary alicyclic amines) is 1. The van der Waals surface area contributed by atoms with E-state index in [2.05, 4.69) is 24.3 Å². The van der Waals surface area contributed by atoms with E-state index in [4.69, 9.17) is 4.42 Å². The zero-order valence-corrected chi connectivity index (χ0v) is 15.8. The number of aromatic nitrogens is 1. The van der Waals surface area contributed by atoms with Gasteiger partial charge in [-0.25, -0.2) is 0 Å². The fraction of sp³-hybridized carbons (Fsp3) is 0.348. The standard InChI is InChI=1S/C23H24N2O3/c26-15-20-7-6-19(28-20)14-24-11-16-10-18(13-24)23-21(17-4-2-1-3-5-17)8-9-22(27)25(23)12-16/h1-9,16,18,26H,10-15H2/p+1/t16-,18+/m0/s1. The lowest BCUT2D eigenvalue weighted by atomic mass is 9.80. The maximum atomic E-state index is 12.6. The van der Waals surface area contributed by atoms with Gasteiger partial charge in [-0.2, -0.15) is 0 Å². The molecular formula is C23H25N2O3+. The summed E-state index contributed by atoms with van der Waals surface area (Å²) in [6.45, 7) is 3.61. The minimum atomic E-state index is -0.0582. The van der Waals surface area contributed by atoms with Crippen LogP contribution in [0, 0.1) is 5.92 Å². The number of nitrogens with one attached hydrogen (secondary N) is 1. The largest absolute Gasteiger partial charge is 0.458 e. The summed E-state index contributed by atoms with van der Waals surface area (Å²) >= 11 is 0. The molecule has 0 amide bonds. The molecule has 1 fully saturated rings. The summed E-state index contributed by atoms with van der Waals surface area (Å²) in [5, 5.41) is 9.23. The van der Waals surface area contributed by atoms with E-state index in [0.717, 1.165) is 38.4 Å². The number of hydrogen-bond donors (Lipinski definition) is 2. The van der Waals surface area contributed by atoms with Crippen LogP contribution in [0.25, 0.3) is 11.1 Å². The molecule has 3 aromatic rings. The van der Waals surface area contributed by atoms with Crippen LogP contribution < -0.4 is 10.5 Å². The quantitative estimate of drug-likeness (QED) is 0.729. The van der Waals surface area contributed by atoms with Gasteiger partial charge < -0.3 is 19.0 Å². The van der Waals surface area contributed by atoms with Crippen LogP contribution in [-0.4, -0.2) is 22.8 Å². The van der Waals surface area contributed by atoms with Crippen molar-refractivity contribution in [3.8, 4) is 11.1 Å². The van der Waals surface area contributed by atoms with E-state index >= 15 is 0 Å². The van der Waals surface area contributed by atoms with Crippen LogP contribution in [0.15, 0.2) is 63.8 Å². The van der Waals surface area contributed by atoms with Crippen LogP contribution in [0.1, 0.15) is 29.6 Å². The Morgan fingerprint density at radius 1 is 1.04 bits per heavy atom. The molecule has 0 saturated carbocycles. The van der Waals surface area contributed by atoms with Crippen molar-refractivity contribution in [1.29, 1.82) is 0 Å². The Labute approximate surface area is 163 Å². The average Bonchev–Trinajstić information content (AvgIpc) is 3.17. The number of quaternary nitrogens is 1. The molecule has 4 heterocycles. The number of benzene rings is 1. The van der Waals surface area contributed by atoms with Gasteiger partial charge in [-0.05, 0) is 30.2 Å². The first-order valence-corrected chi connectivity index (χ1v) is 10.0. The molecule has 3 atom stereocenters. The van der Waals surface area contributed by atoms with Gasteiger partial charge in [0.05, 0.1) is 13.1 Å². The molecule has 1 unspecified atom stereocenters. The lowest BCUT2D eigenvalue weighted by molar-refractivity contribution is -0.925. The SMILES string of the molecule is O=c1ccc(-c2ccccc2)c2n1C[C@H]1C[C@@H]2C[NH+](Cc2ccc(CO)o2)C1. The highest BCUT2D eigenvalue weighted by molar-refractivity contribution is 5.66. The summed E-state index contributed by atoms with van der Waals surface area (Å²) in [5.74, 6) is 2.43. The van der Waals surface area contributed by atoms with E-state index in [0.29, 0.717) is 17.6 Å². The van der Waals surface area contributed by atoms with Crippen LogP contribution in [0.4, 0.5) is 0 Å². The highest BCUT2D eigenvalue weighted by atomic mass is 16.4. The first-order valence-electron chi connectivity index (χ1n) is 10.0. The molecule has 5 heteroatoms. The third kappa shape index (κ3) is 3.11. The third-order valence-electron chi connectivity index (χ3n) is 6.17. The predicted octanol–water partition coefficient (Wildman–Crippen LogP) is 1.80. The number of aliphatic hydroxyl groups is 1. The van der Waals surface area contributed by atoms with Crippen LogP contribution in [-0.2, 0) is 19.7 Å². The Hall–Kier alpha value is -2.63. The number of nitrogens with zero attached hydrogens (tertiary/aromatic N) is 1. The smallest absolute Gasteiger partial charge is 0.250 e. The summed E-state index contributed by atoms with van der Waals surface area (Å²) in [6.07, 6.45) is 1.15. The lowest BCUT2D eigenvalue weighted by Crippen LogP contribution is -3.13. The van der Waals surface area contributed by atoms with E-state index in [-0.39, 0.29) is 12.2 Å². The zero-order chi connectivity index (χ0) is 19.1. The summed E-state index contributed by atoms with van der Waals surface area (Å²) in [7, 11) is 0. The second-order valence-corrected chi connectivity index (χ2v) is 8.11. The lowest BCUT2D eigenvalue weighted by Gasteiger charge is -2.41. The molecule has 0 spiro atoms. The molecule has 1 saturated heterocycles. The number of piperidine rings is 1. The van der Waals surface area contributed by atoms with Gasteiger partial charge in [0, 0.05) is 35.7 Å². The normalized spacial score (nSPS) is 23.4. The third-order valence-corrected chi connectivity index (χ3v) is 6.17. The van der Waals surface area contributed by atoms with Crippen molar-refractivity contribution in [2.45, 2.75) is 32.0 Å². The molecule has 28 heavy (non-hydrogen) atoms. The molecule has 2 N–H and O–H groups in total. The molecule has 2 bridgehead atoms. The Morgan fingerprint density at radius 3 is 2.64 bits per heavy atom. The topological polar surface area (TPSA) is 59.8 Å². The Kier molecular flexibility index (Phi) is 4.41. The Bertz CT molecular complexity index is 1040. The molecule has 1 aromatic carbocycles. The zero-order valence-electron chi connectivity index (χ0n) is 15.8. The predicted molar refractivity (Wildman–Crippen MR) is 106 cm³/mol. The van der Waals surface area contributed by atoms with Crippen LogP contribution in [0.3, 0.4) is 0 Å². The monoisotopic (exact) mass is 377 g/mol. The van der Waals surface area contributed by atoms with Gasteiger partial charge in [-0.3, -0.25) is 4.79 Å². The van der Waals surface area contributed by atoms with Crippen molar-refractivity contribution >= 4 is 0 Å². The fourth-order valence-corrected chi connectivity index (χ4v) is 5.09. The summed E-state index contributed by atoms with van der Waals surface area (Å²) in [4.78, 5) is 14.1. The molecule has 0 aliphatic carbocycles. The number of pyridine rings is 1. The van der Waals surface area contributed by atoms with E-state index in [1.807, 2.05) is 28.8 Å². The van der Waals surface area contributed by atoms with Crippen molar-refractivity contribution in [3.05, 3.63) is 82.2 Å². The van der Waals surface area contributed by atoms with E-state index < -0.39 is 0 Å².